The lowest BCUT2D eigenvalue weighted by molar-refractivity contribution is -0.167. The molecule has 0 rings (SSSR count). The molecule has 6 nitrogen and oxygen atoms in total. The van der Waals surface area contributed by atoms with Crippen molar-refractivity contribution in [3.8, 4) is 0 Å². The normalized spacial score (nSPS) is 13.0. The summed E-state index contributed by atoms with van der Waals surface area (Å²) in [6.45, 7) is 6.42. The van der Waals surface area contributed by atoms with Gasteiger partial charge in [0.25, 0.3) is 0 Å². The van der Waals surface area contributed by atoms with Crippen LogP contribution in [0.25, 0.3) is 0 Å². The number of ether oxygens (including phenoxy) is 3. The fourth-order valence-corrected chi connectivity index (χ4v) is 7.77. The van der Waals surface area contributed by atoms with Crippen molar-refractivity contribution in [3.63, 3.8) is 0 Å². The minimum absolute atomic E-state index is 0.112. The summed E-state index contributed by atoms with van der Waals surface area (Å²) >= 11 is 0. The SMILES string of the molecule is CC/C=C\C/C=C\C/C=C\C/C=C\CCCCCCCCC(=O)OCC(COC(=O)CCC/C=C\C/C=C\C/C=C\C/C=C\CCCCC)OC(=O)CCCCCCC/C=C\C=C/CCCCCCCCC. The first-order valence-corrected chi connectivity index (χ1v) is 29.6. The molecule has 0 aliphatic heterocycles. The molecule has 0 aliphatic carbocycles. The molecule has 408 valence electrons. The van der Waals surface area contributed by atoms with Gasteiger partial charge in [-0.05, 0) is 122 Å². The summed E-state index contributed by atoms with van der Waals surface area (Å²) in [5, 5.41) is 0. The second kappa shape index (κ2) is 59.4. The van der Waals surface area contributed by atoms with Gasteiger partial charge in [0.1, 0.15) is 13.2 Å². The molecule has 0 N–H and O–H groups in total. The number of esters is 3. The molecular formula is C66H108O6. The van der Waals surface area contributed by atoms with E-state index in [-0.39, 0.29) is 37.5 Å². The van der Waals surface area contributed by atoms with Crippen LogP contribution in [0.5, 0.6) is 0 Å². The number of carbonyl (C=O) groups is 3. The Morgan fingerprint density at radius 3 is 1.01 bits per heavy atom. The second-order valence-electron chi connectivity index (χ2n) is 19.2. The predicted molar refractivity (Wildman–Crippen MR) is 311 cm³/mol. The second-order valence-corrected chi connectivity index (χ2v) is 19.2. The zero-order chi connectivity index (χ0) is 52.2. The number of unbranched alkanes of at least 4 members (excludes halogenated alkanes) is 22. The third-order valence-corrected chi connectivity index (χ3v) is 12.2. The highest BCUT2D eigenvalue weighted by molar-refractivity contribution is 5.71. The van der Waals surface area contributed by atoms with Crippen molar-refractivity contribution in [1.29, 1.82) is 0 Å². The Labute approximate surface area is 443 Å². The molecule has 6 heteroatoms. The number of hydrogen-bond acceptors (Lipinski definition) is 6. The topological polar surface area (TPSA) is 78.9 Å². The van der Waals surface area contributed by atoms with Gasteiger partial charge in [-0.2, -0.15) is 0 Å². The van der Waals surface area contributed by atoms with Crippen LogP contribution in [0, 0.1) is 0 Å². The summed E-state index contributed by atoms with van der Waals surface area (Å²) in [5.74, 6) is -0.998. The summed E-state index contributed by atoms with van der Waals surface area (Å²) in [6, 6.07) is 0. The molecule has 0 radical (unpaired) electrons. The Morgan fingerprint density at radius 1 is 0.306 bits per heavy atom. The van der Waals surface area contributed by atoms with Crippen molar-refractivity contribution in [3.05, 3.63) is 122 Å². The van der Waals surface area contributed by atoms with Crippen LogP contribution in [0.1, 0.15) is 258 Å². The molecule has 1 atom stereocenters. The minimum Gasteiger partial charge on any atom is -0.462 e. The van der Waals surface area contributed by atoms with Crippen LogP contribution < -0.4 is 0 Å². The van der Waals surface area contributed by atoms with Crippen LogP contribution in [-0.4, -0.2) is 37.2 Å². The highest BCUT2D eigenvalue weighted by Crippen LogP contribution is 2.13. The van der Waals surface area contributed by atoms with Gasteiger partial charge in [0.2, 0.25) is 0 Å². The van der Waals surface area contributed by atoms with E-state index in [1.165, 1.54) is 89.9 Å². The number of hydrogen-bond donors (Lipinski definition) is 0. The summed E-state index contributed by atoms with van der Waals surface area (Å²) in [4.78, 5) is 38.2. The van der Waals surface area contributed by atoms with Gasteiger partial charge >= 0.3 is 17.9 Å². The Kier molecular flexibility index (Phi) is 55.9. The smallest absolute Gasteiger partial charge is 0.306 e. The van der Waals surface area contributed by atoms with Crippen LogP contribution in [-0.2, 0) is 28.6 Å². The Morgan fingerprint density at radius 2 is 0.597 bits per heavy atom. The zero-order valence-corrected chi connectivity index (χ0v) is 46.7. The van der Waals surface area contributed by atoms with E-state index in [0.717, 1.165) is 122 Å². The van der Waals surface area contributed by atoms with Crippen LogP contribution in [0.2, 0.25) is 0 Å². The van der Waals surface area contributed by atoms with Gasteiger partial charge < -0.3 is 14.2 Å². The Bertz CT molecular complexity index is 1520. The third-order valence-electron chi connectivity index (χ3n) is 12.2. The minimum atomic E-state index is -0.819. The molecule has 1 unspecified atom stereocenters. The molecule has 0 spiro atoms. The maximum atomic E-state index is 12.9. The summed E-state index contributed by atoms with van der Waals surface area (Å²) in [5.41, 5.74) is 0. The zero-order valence-electron chi connectivity index (χ0n) is 46.7. The highest BCUT2D eigenvalue weighted by atomic mass is 16.6. The molecule has 0 fully saturated rings. The van der Waals surface area contributed by atoms with E-state index < -0.39 is 6.10 Å². The largest absolute Gasteiger partial charge is 0.462 e. The summed E-state index contributed by atoms with van der Waals surface area (Å²) in [7, 11) is 0. The predicted octanol–water partition coefficient (Wildman–Crippen LogP) is 20.0. The van der Waals surface area contributed by atoms with Gasteiger partial charge in [-0.25, -0.2) is 0 Å². The monoisotopic (exact) mass is 997 g/mol. The third kappa shape index (κ3) is 56.7. The molecule has 72 heavy (non-hydrogen) atoms. The lowest BCUT2D eigenvalue weighted by Gasteiger charge is -2.18. The molecule has 0 heterocycles. The van der Waals surface area contributed by atoms with Crippen LogP contribution in [0.4, 0.5) is 0 Å². The van der Waals surface area contributed by atoms with Crippen LogP contribution in [0.3, 0.4) is 0 Å². The van der Waals surface area contributed by atoms with Crippen molar-refractivity contribution < 1.29 is 28.6 Å². The van der Waals surface area contributed by atoms with Gasteiger partial charge in [-0.1, -0.05) is 239 Å². The van der Waals surface area contributed by atoms with E-state index in [9.17, 15) is 14.4 Å². The van der Waals surface area contributed by atoms with E-state index in [4.69, 9.17) is 14.2 Å². The molecule has 0 aromatic carbocycles. The van der Waals surface area contributed by atoms with Crippen molar-refractivity contribution in [2.45, 2.75) is 264 Å². The molecule has 0 aliphatic rings. The summed E-state index contributed by atoms with van der Waals surface area (Å²) < 4.78 is 16.8. The van der Waals surface area contributed by atoms with Crippen LogP contribution in [0.15, 0.2) is 122 Å². The van der Waals surface area contributed by atoms with E-state index in [0.29, 0.717) is 19.3 Å². The summed E-state index contributed by atoms with van der Waals surface area (Å²) in [6.07, 6.45) is 81.9. The molecule has 0 amide bonds. The fraction of sp³-hybridized carbons (Fsp3) is 0.652. The number of carbonyl (C=O) groups excluding carboxylic acids is 3. The maximum absolute atomic E-state index is 12.9. The molecule has 0 saturated carbocycles. The van der Waals surface area contributed by atoms with Crippen LogP contribution >= 0.6 is 0 Å². The van der Waals surface area contributed by atoms with E-state index in [1.54, 1.807) is 0 Å². The molecule has 0 aromatic rings. The quantitative estimate of drug-likeness (QED) is 0.0199. The number of rotatable bonds is 52. The number of allylic oxidation sites excluding steroid dienone is 20. The molecule has 0 aromatic heterocycles. The average Bonchev–Trinajstić information content (AvgIpc) is 3.38. The fourth-order valence-electron chi connectivity index (χ4n) is 7.77. The van der Waals surface area contributed by atoms with Crippen molar-refractivity contribution in [2.75, 3.05) is 13.2 Å². The van der Waals surface area contributed by atoms with Gasteiger partial charge in [-0.15, -0.1) is 0 Å². The van der Waals surface area contributed by atoms with Gasteiger partial charge in [0, 0.05) is 19.3 Å². The first kappa shape index (κ1) is 67.8. The van der Waals surface area contributed by atoms with Gasteiger partial charge in [0.15, 0.2) is 6.10 Å². The lowest BCUT2D eigenvalue weighted by Crippen LogP contribution is -2.30. The van der Waals surface area contributed by atoms with Crippen molar-refractivity contribution in [2.24, 2.45) is 0 Å². The van der Waals surface area contributed by atoms with E-state index >= 15 is 0 Å². The van der Waals surface area contributed by atoms with Gasteiger partial charge in [0.05, 0.1) is 0 Å². The average molecular weight is 998 g/mol. The van der Waals surface area contributed by atoms with E-state index in [2.05, 4.69) is 142 Å². The molecular weight excluding hydrogens is 889 g/mol. The first-order valence-electron chi connectivity index (χ1n) is 29.6. The van der Waals surface area contributed by atoms with Crippen molar-refractivity contribution >= 4 is 17.9 Å². The molecule has 0 bridgehead atoms. The Balaban J connectivity index is 4.54. The lowest BCUT2D eigenvalue weighted by atomic mass is 10.1. The van der Waals surface area contributed by atoms with Crippen molar-refractivity contribution in [1.82, 2.24) is 0 Å². The Hall–Kier alpha value is -4.19. The van der Waals surface area contributed by atoms with E-state index in [1.807, 2.05) is 0 Å². The highest BCUT2D eigenvalue weighted by Gasteiger charge is 2.19. The molecule has 0 saturated heterocycles. The maximum Gasteiger partial charge on any atom is 0.306 e. The first-order chi connectivity index (χ1) is 35.5. The standard InChI is InChI=1S/C66H108O6/c1-4-7-10-13-16-19-22-25-28-31-33-36-38-41-44-47-50-53-56-59-65(68)71-62-63(61-70-64(67)58-55-52-49-46-43-40-37-34-30-27-24-21-18-15-12-9-6-3)72-66(69)60-57-54-51-48-45-42-39-35-32-29-26-23-20-17-14-11-8-5-2/h7,10,16,18-19,21,25,27-30,32-33,35-37,39-40,46,49,63H,4-6,8-9,11-15,17,20,22-24,26,31,34,38,41-45,47-48,50-62H2,1-3H3/b10-7-,19-16-,21-18-,28-25-,30-27-,32-29-,36-33-,39-35-,40-37-,49-46-. The van der Waals surface area contributed by atoms with Gasteiger partial charge in [-0.3, -0.25) is 14.4 Å².